The van der Waals surface area contributed by atoms with Crippen molar-refractivity contribution in [2.75, 3.05) is 0 Å². The fraction of sp³-hybridized carbons (Fsp3) is 0.667. The van der Waals surface area contributed by atoms with Gasteiger partial charge in [0.15, 0.2) is 0 Å². The molecule has 2 heteroatoms. The maximum Gasteiger partial charge on any atom is 0.307 e. The van der Waals surface area contributed by atoms with E-state index in [9.17, 15) is 4.79 Å². The quantitative estimate of drug-likeness (QED) is 0.237. The van der Waals surface area contributed by atoms with E-state index in [1.807, 2.05) is 6.08 Å². The van der Waals surface area contributed by atoms with Crippen LogP contribution in [0.1, 0.15) is 65.2 Å². The standard InChI is InChI=1S/C15H26O2/c1-3-4-5-6-7-8-9-10-11-12-13-14-17-15(2)16/h5-6,13-14H,3-4,7-12H2,1-2H3. The number of allylic oxidation sites excluding steroid dienone is 3. The predicted octanol–water partition coefficient (Wildman–Crippen LogP) is 4.76. The number of esters is 1. The lowest BCUT2D eigenvalue weighted by atomic mass is 10.1. The molecule has 2 nitrogen and oxygen atoms in total. The smallest absolute Gasteiger partial charge is 0.307 e. The molecule has 0 aliphatic heterocycles. The maximum absolute atomic E-state index is 10.4. The largest absolute Gasteiger partial charge is 0.435 e. The number of hydrogen-bond acceptors (Lipinski definition) is 2. The molecule has 0 amide bonds. The van der Waals surface area contributed by atoms with Crippen molar-refractivity contribution in [1.82, 2.24) is 0 Å². The third-order valence-electron chi connectivity index (χ3n) is 2.44. The molecule has 0 radical (unpaired) electrons. The minimum absolute atomic E-state index is 0.250. The van der Waals surface area contributed by atoms with Gasteiger partial charge in [-0.15, -0.1) is 0 Å². The van der Waals surface area contributed by atoms with Gasteiger partial charge in [0.25, 0.3) is 0 Å². The summed E-state index contributed by atoms with van der Waals surface area (Å²) < 4.78 is 4.70. The van der Waals surface area contributed by atoms with Crippen molar-refractivity contribution in [3.05, 3.63) is 24.5 Å². The third kappa shape index (κ3) is 14.9. The van der Waals surface area contributed by atoms with Gasteiger partial charge in [-0.1, -0.05) is 38.3 Å². The minimum Gasteiger partial charge on any atom is -0.435 e. The average Bonchev–Trinajstić information content (AvgIpc) is 2.30. The van der Waals surface area contributed by atoms with Crippen LogP contribution in [-0.2, 0) is 9.53 Å². The van der Waals surface area contributed by atoms with Crippen LogP contribution in [0, 0.1) is 0 Å². The zero-order chi connectivity index (χ0) is 12.8. The van der Waals surface area contributed by atoms with Crippen LogP contribution in [0.25, 0.3) is 0 Å². The lowest BCUT2D eigenvalue weighted by Crippen LogP contribution is -1.89. The third-order valence-corrected chi connectivity index (χ3v) is 2.44. The molecule has 0 unspecified atom stereocenters. The van der Waals surface area contributed by atoms with Gasteiger partial charge >= 0.3 is 5.97 Å². The van der Waals surface area contributed by atoms with Gasteiger partial charge in [0, 0.05) is 6.92 Å². The van der Waals surface area contributed by atoms with E-state index < -0.39 is 0 Å². The van der Waals surface area contributed by atoms with Crippen LogP contribution in [0.5, 0.6) is 0 Å². The highest BCUT2D eigenvalue weighted by Crippen LogP contribution is 2.06. The highest BCUT2D eigenvalue weighted by atomic mass is 16.5. The van der Waals surface area contributed by atoms with Gasteiger partial charge < -0.3 is 4.74 Å². The number of rotatable bonds is 10. The van der Waals surface area contributed by atoms with E-state index in [1.54, 1.807) is 0 Å². The average molecular weight is 238 g/mol. The molecule has 0 aromatic heterocycles. The van der Waals surface area contributed by atoms with Crippen LogP contribution in [0.3, 0.4) is 0 Å². The van der Waals surface area contributed by atoms with Crippen LogP contribution in [0.2, 0.25) is 0 Å². The second kappa shape index (κ2) is 13.0. The molecule has 98 valence electrons. The molecule has 0 aromatic rings. The van der Waals surface area contributed by atoms with E-state index in [0.717, 1.165) is 6.42 Å². The van der Waals surface area contributed by atoms with Gasteiger partial charge in [-0.3, -0.25) is 4.79 Å². The van der Waals surface area contributed by atoms with Crippen molar-refractivity contribution < 1.29 is 9.53 Å². The summed E-state index contributed by atoms with van der Waals surface area (Å²) in [5, 5.41) is 0. The zero-order valence-electron chi connectivity index (χ0n) is 11.3. The summed E-state index contributed by atoms with van der Waals surface area (Å²) in [4.78, 5) is 10.4. The van der Waals surface area contributed by atoms with E-state index >= 15 is 0 Å². The Morgan fingerprint density at radius 2 is 1.53 bits per heavy atom. The number of carbonyl (C=O) groups is 1. The number of carbonyl (C=O) groups excluding carboxylic acids is 1. The van der Waals surface area contributed by atoms with E-state index in [-0.39, 0.29) is 5.97 Å². The molecular weight excluding hydrogens is 212 g/mol. The molecule has 0 saturated heterocycles. The first kappa shape index (κ1) is 16.0. The van der Waals surface area contributed by atoms with Crippen molar-refractivity contribution in [3.63, 3.8) is 0 Å². The number of hydrogen-bond donors (Lipinski definition) is 0. The van der Waals surface area contributed by atoms with Gasteiger partial charge in [-0.2, -0.15) is 0 Å². The second-order valence-electron chi connectivity index (χ2n) is 4.23. The first-order valence-corrected chi connectivity index (χ1v) is 6.74. The Bertz CT molecular complexity index is 229. The van der Waals surface area contributed by atoms with E-state index in [1.165, 1.54) is 58.1 Å². The van der Waals surface area contributed by atoms with Crippen molar-refractivity contribution in [2.24, 2.45) is 0 Å². The van der Waals surface area contributed by atoms with Crippen molar-refractivity contribution in [1.29, 1.82) is 0 Å². The van der Waals surface area contributed by atoms with Crippen LogP contribution in [-0.4, -0.2) is 5.97 Å². The van der Waals surface area contributed by atoms with E-state index in [4.69, 9.17) is 4.74 Å². The molecule has 0 spiro atoms. The van der Waals surface area contributed by atoms with Crippen molar-refractivity contribution in [3.8, 4) is 0 Å². The lowest BCUT2D eigenvalue weighted by molar-refractivity contribution is -0.135. The fourth-order valence-electron chi connectivity index (χ4n) is 1.49. The summed E-state index contributed by atoms with van der Waals surface area (Å²) >= 11 is 0. The Morgan fingerprint density at radius 1 is 0.941 bits per heavy atom. The molecule has 0 rings (SSSR count). The molecule has 0 fully saturated rings. The van der Waals surface area contributed by atoms with Crippen LogP contribution >= 0.6 is 0 Å². The summed E-state index contributed by atoms with van der Waals surface area (Å²) in [6.07, 6.45) is 17.7. The Kier molecular flexibility index (Phi) is 12.2. The Hall–Kier alpha value is -1.05. The summed E-state index contributed by atoms with van der Waals surface area (Å²) in [7, 11) is 0. The molecule has 0 N–H and O–H groups in total. The molecule has 0 aliphatic carbocycles. The van der Waals surface area contributed by atoms with Crippen LogP contribution < -0.4 is 0 Å². The molecular formula is C15H26O2. The monoisotopic (exact) mass is 238 g/mol. The molecule has 0 heterocycles. The van der Waals surface area contributed by atoms with Gasteiger partial charge in [-0.25, -0.2) is 0 Å². The van der Waals surface area contributed by atoms with E-state index in [2.05, 4.69) is 19.1 Å². The molecule has 0 bridgehead atoms. The molecule has 0 saturated carbocycles. The molecule has 0 aliphatic rings. The summed E-state index contributed by atoms with van der Waals surface area (Å²) in [5.74, 6) is -0.250. The van der Waals surface area contributed by atoms with Gasteiger partial charge in [0.1, 0.15) is 0 Å². The minimum atomic E-state index is -0.250. The fourth-order valence-corrected chi connectivity index (χ4v) is 1.49. The normalized spacial score (nSPS) is 11.4. The molecule has 0 atom stereocenters. The summed E-state index contributed by atoms with van der Waals surface area (Å²) in [6.45, 7) is 3.62. The van der Waals surface area contributed by atoms with E-state index in [0.29, 0.717) is 0 Å². The highest BCUT2D eigenvalue weighted by Gasteiger charge is 1.88. The van der Waals surface area contributed by atoms with Gasteiger partial charge in [0.05, 0.1) is 6.26 Å². The Morgan fingerprint density at radius 3 is 2.12 bits per heavy atom. The Balaban J connectivity index is 3.13. The summed E-state index contributed by atoms with van der Waals surface area (Å²) in [6, 6.07) is 0. The first-order valence-electron chi connectivity index (χ1n) is 6.74. The van der Waals surface area contributed by atoms with Gasteiger partial charge in [-0.05, 0) is 38.2 Å². The molecule has 0 aromatic carbocycles. The zero-order valence-corrected chi connectivity index (χ0v) is 11.3. The lowest BCUT2D eigenvalue weighted by Gasteiger charge is -1.97. The van der Waals surface area contributed by atoms with Crippen LogP contribution in [0.4, 0.5) is 0 Å². The number of unbranched alkanes of at least 4 members (excludes halogenated alkanes) is 6. The first-order chi connectivity index (χ1) is 8.27. The predicted molar refractivity (Wildman–Crippen MR) is 72.7 cm³/mol. The van der Waals surface area contributed by atoms with Gasteiger partial charge in [0.2, 0.25) is 0 Å². The summed E-state index contributed by atoms with van der Waals surface area (Å²) in [5.41, 5.74) is 0. The Labute approximate surface area is 106 Å². The SMILES string of the molecule is CCCC=CCCCCCCC=COC(C)=O. The topological polar surface area (TPSA) is 26.3 Å². The molecule has 17 heavy (non-hydrogen) atoms. The second-order valence-corrected chi connectivity index (χ2v) is 4.23. The maximum atomic E-state index is 10.4. The highest BCUT2D eigenvalue weighted by molar-refractivity contribution is 5.66. The number of ether oxygens (including phenoxy) is 1. The van der Waals surface area contributed by atoms with Crippen molar-refractivity contribution >= 4 is 5.97 Å². The van der Waals surface area contributed by atoms with Crippen LogP contribution in [0.15, 0.2) is 24.5 Å². The van der Waals surface area contributed by atoms with Crippen molar-refractivity contribution in [2.45, 2.75) is 65.2 Å².